The highest BCUT2D eigenvalue weighted by atomic mass is 19.1. The van der Waals surface area contributed by atoms with Gasteiger partial charge in [-0.15, -0.1) is 0 Å². The maximum absolute atomic E-state index is 13.3. The number of hydrogen-bond donors (Lipinski definition) is 3. The van der Waals surface area contributed by atoms with Gasteiger partial charge in [0.1, 0.15) is 0 Å². The number of nitro groups is 1. The molecular formula is C10H9FN2O6. The average molecular weight is 272 g/mol. The van der Waals surface area contributed by atoms with Crippen LogP contribution in [-0.2, 0) is 4.79 Å². The van der Waals surface area contributed by atoms with Crippen molar-refractivity contribution in [3.63, 3.8) is 0 Å². The smallest absolute Gasteiger partial charge is 0.328 e. The van der Waals surface area contributed by atoms with Crippen LogP contribution in [0.2, 0.25) is 0 Å². The fourth-order valence-electron chi connectivity index (χ4n) is 1.22. The van der Waals surface area contributed by atoms with Crippen LogP contribution in [0.5, 0.6) is 0 Å². The zero-order valence-corrected chi connectivity index (χ0v) is 9.37. The third-order valence-electron chi connectivity index (χ3n) is 2.19. The van der Waals surface area contributed by atoms with Gasteiger partial charge in [0.2, 0.25) is 5.82 Å². The summed E-state index contributed by atoms with van der Waals surface area (Å²) in [5.74, 6) is -3.64. The van der Waals surface area contributed by atoms with Gasteiger partial charge < -0.3 is 15.5 Å². The van der Waals surface area contributed by atoms with Crippen LogP contribution < -0.4 is 5.32 Å². The van der Waals surface area contributed by atoms with E-state index < -0.39 is 41.0 Å². The van der Waals surface area contributed by atoms with Crippen LogP contribution in [0, 0.1) is 15.9 Å². The highest BCUT2D eigenvalue weighted by Gasteiger charge is 2.21. The summed E-state index contributed by atoms with van der Waals surface area (Å²) in [4.78, 5) is 31.5. The molecule has 0 aliphatic rings. The van der Waals surface area contributed by atoms with Gasteiger partial charge in [0.05, 0.1) is 11.5 Å². The monoisotopic (exact) mass is 272 g/mol. The second-order valence-corrected chi connectivity index (χ2v) is 3.47. The van der Waals surface area contributed by atoms with Crippen molar-refractivity contribution in [3.05, 3.63) is 39.7 Å². The molecule has 0 radical (unpaired) electrons. The lowest BCUT2D eigenvalue weighted by Crippen LogP contribution is -2.43. The summed E-state index contributed by atoms with van der Waals surface area (Å²) in [6, 6.07) is 0.848. The van der Waals surface area contributed by atoms with Crippen LogP contribution >= 0.6 is 0 Å². The van der Waals surface area contributed by atoms with Gasteiger partial charge in [0.15, 0.2) is 6.04 Å². The summed E-state index contributed by atoms with van der Waals surface area (Å²) in [6.07, 6.45) is 0. The molecule has 1 aromatic carbocycles. The molecule has 102 valence electrons. The van der Waals surface area contributed by atoms with Gasteiger partial charge in [-0.1, -0.05) is 0 Å². The van der Waals surface area contributed by atoms with E-state index in [9.17, 15) is 24.1 Å². The Hall–Kier alpha value is -2.55. The summed E-state index contributed by atoms with van der Waals surface area (Å²) < 4.78 is 13.3. The van der Waals surface area contributed by atoms with E-state index in [1.54, 1.807) is 0 Å². The highest BCUT2D eigenvalue weighted by molar-refractivity contribution is 5.96. The number of carboxylic acid groups (broad SMARTS) is 1. The summed E-state index contributed by atoms with van der Waals surface area (Å²) in [5.41, 5.74) is -1.09. The van der Waals surface area contributed by atoms with E-state index in [-0.39, 0.29) is 5.56 Å². The Kier molecular flexibility index (Phi) is 4.48. The van der Waals surface area contributed by atoms with Crippen LogP contribution in [0.25, 0.3) is 0 Å². The number of benzene rings is 1. The second-order valence-electron chi connectivity index (χ2n) is 3.47. The zero-order chi connectivity index (χ0) is 14.6. The Morgan fingerprint density at radius 2 is 2.11 bits per heavy atom. The number of halogens is 1. The lowest BCUT2D eigenvalue weighted by atomic mass is 10.1. The van der Waals surface area contributed by atoms with Gasteiger partial charge in [0, 0.05) is 11.6 Å². The molecule has 3 N–H and O–H groups in total. The van der Waals surface area contributed by atoms with E-state index in [4.69, 9.17) is 10.2 Å². The number of aliphatic hydroxyl groups excluding tert-OH is 1. The van der Waals surface area contributed by atoms with E-state index in [1.807, 2.05) is 5.32 Å². The van der Waals surface area contributed by atoms with Crippen molar-refractivity contribution in [2.75, 3.05) is 6.61 Å². The first-order chi connectivity index (χ1) is 8.86. The average Bonchev–Trinajstić information content (AvgIpc) is 2.34. The molecule has 0 bridgehead atoms. The van der Waals surface area contributed by atoms with E-state index in [0.717, 1.165) is 12.1 Å². The Morgan fingerprint density at radius 3 is 2.53 bits per heavy atom. The Morgan fingerprint density at radius 1 is 1.47 bits per heavy atom. The molecule has 1 unspecified atom stereocenters. The molecule has 8 nitrogen and oxygen atoms in total. The van der Waals surface area contributed by atoms with E-state index in [1.165, 1.54) is 0 Å². The van der Waals surface area contributed by atoms with Crippen molar-refractivity contribution in [1.82, 2.24) is 5.32 Å². The fraction of sp³-hybridized carbons (Fsp3) is 0.200. The van der Waals surface area contributed by atoms with Crippen LogP contribution in [0.4, 0.5) is 10.1 Å². The summed E-state index contributed by atoms with van der Waals surface area (Å²) in [5, 5.41) is 29.6. The maximum atomic E-state index is 13.3. The van der Waals surface area contributed by atoms with Gasteiger partial charge in [-0.25, -0.2) is 4.79 Å². The van der Waals surface area contributed by atoms with Gasteiger partial charge in [-0.05, 0) is 12.1 Å². The number of carbonyl (C=O) groups is 2. The first kappa shape index (κ1) is 14.5. The molecule has 0 heterocycles. The molecular weight excluding hydrogens is 263 g/mol. The lowest BCUT2D eigenvalue weighted by Gasteiger charge is -2.11. The second kappa shape index (κ2) is 5.87. The number of hydrogen-bond acceptors (Lipinski definition) is 5. The number of aliphatic hydroxyl groups is 1. The van der Waals surface area contributed by atoms with Gasteiger partial charge in [-0.2, -0.15) is 4.39 Å². The number of rotatable bonds is 5. The fourth-order valence-corrected chi connectivity index (χ4v) is 1.22. The maximum Gasteiger partial charge on any atom is 0.328 e. The number of carbonyl (C=O) groups excluding carboxylic acids is 1. The highest BCUT2D eigenvalue weighted by Crippen LogP contribution is 2.17. The van der Waals surface area contributed by atoms with Crippen LogP contribution in [0.15, 0.2) is 18.2 Å². The van der Waals surface area contributed by atoms with Crippen molar-refractivity contribution < 1.29 is 29.1 Å². The Bertz CT molecular complexity index is 533. The number of amides is 1. The molecule has 1 aromatic rings. The van der Waals surface area contributed by atoms with Crippen LogP contribution in [0.3, 0.4) is 0 Å². The Balaban J connectivity index is 2.92. The van der Waals surface area contributed by atoms with Gasteiger partial charge >= 0.3 is 11.7 Å². The predicted octanol–water partition coefficient (Wildman–Crippen LogP) is -0.0908. The van der Waals surface area contributed by atoms with E-state index >= 15 is 0 Å². The topological polar surface area (TPSA) is 130 Å². The van der Waals surface area contributed by atoms with Crippen molar-refractivity contribution in [1.29, 1.82) is 0 Å². The minimum absolute atomic E-state index is 0.289. The minimum Gasteiger partial charge on any atom is -0.480 e. The molecule has 9 heteroatoms. The first-order valence-corrected chi connectivity index (χ1v) is 4.95. The summed E-state index contributed by atoms with van der Waals surface area (Å²) in [6.45, 7) is -0.837. The molecule has 0 fully saturated rings. The quantitative estimate of drug-likeness (QED) is 0.507. The van der Waals surface area contributed by atoms with Crippen LogP contribution in [-0.4, -0.2) is 39.7 Å². The zero-order valence-electron chi connectivity index (χ0n) is 9.37. The third kappa shape index (κ3) is 3.45. The van der Waals surface area contributed by atoms with Gasteiger partial charge in [-0.3, -0.25) is 14.9 Å². The number of nitrogens with zero attached hydrogens (tertiary/aromatic N) is 1. The normalized spacial score (nSPS) is 11.7. The SMILES string of the molecule is O=C(NC(CO)C(=O)O)c1ccc([N+](=O)[O-])c(F)c1. The van der Waals surface area contributed by atoms with Crippen molar-refractivity contribution in [2.24, 2.45) is 0 Å². The molecule has 0 aliphatic carbocycles. The van der Waals surface area contributed by atoms with Crippen molar-refractivity contribution >= 4 is 17.6 Å². The molecule has 1 amide bonds. The molecule has 0 aromatic heterocycles. The number of nitro benzene ring substituents is 1. The third-order valence-corrected chi connectivity index (χ3v) is 2.19. The molecule has 0 saturated heterocycles. The molecule has 1 atom stereocenters. The number of nitrogens with one attached hydrogen (secondary N) is 1. The largest absolute Gasteiger partial charge is 0.480 e. The molecule has 19 heavy (non-hydrogen) atoms. The molecule has 0 aliphatic heterocycles. The summed E-state index contributed by atoms with van der Waals surface area (Å²) in [7, 11) is 0. The molecule has 1 rings (SSSR count). The minimum atomic E-state index is -1.54. The van der Waals surface area contributed by atoms with E-state index in [0.29, 0.717) is 6.07 Å². The van der Waals surface area contributed by atoms with Gasteiger partial charge in [0.25, 0.3) is 5.91 Å². The molecule has 0 saturated carbocycles. The standard InChI is InChI=1S/C10H9FN2O6/c11-6-3-5(1-2-8(6)13(18)19)9(15)12-7(4-14)10(16)17/h1-3,7,14H,4H2,(H,12,15)(H,16,17). The first-order valence-electron chi connectivity index (χ1n) is 4.95. The number of aliphatic carboxylic acids is 1. The van der Waals surface area contributed by atoms with Crippen LogP contribution in [0.1, 0.15) is 10.4 Å². The Labute approximate surface area is 105 Å². The van der Waals surface area contributed by atoms with Crippen molar-refractivity contribution in [3.8, 4) is 0 Å². The predicted molar refractivity (Wildman–Crippen MR) is 59.0 cm³/mol. The van der Waals surface area contributed by atoms with E-state index in [2.05, 4.69) is 0 Å². The number of carboxylic acids is 1. The summed E-state index contributed by atoms with van der Waals surface area (Å²) >= 11 is 0. The molecule has 0 spiro atoms. The lowest BCUT2D eigenvalue weighted by molar-refractivity contribution is -0.387. The van der Waals surface area contributed by atoms with Crippen molar-refractivity contribution in [2.45, 2.75) is 6.04 Å².